The Kier molecular flexibility index (Phi) is 4.26. The van der Waals surface area contributed by atoms with Crippen molar-refractivity contribution in [1.29, 1.82) is 0 Å². The molecule has 1 N–H and O–H groups in total. The minimum Gasteiger partial charge on any atom is -0.367 e. The molecular formula is C14H25N3O2. The molecule has 0 atom stereocenters. The highest BCUT2D eigenvalue weighted by molar-refractivity contribution is 5.05. The van der Waals surface area contributed by atoms with E-state index in [2.05, 4.69) is 29.3 Å². The Morgan fingerprint density at radius 2 is 1.95 bits per heavy atom. The second-order valence-electron chi connectivity index (χ2n) is 6.13. The molecule has 1 heterocycles. The third-order valence-electron chi connectivity index (χ3n) is 4.04. The van der Waals surface area contributed by atoms with Crippen LogP contribution in [0.1, 0.15) is 58.2 Å². The topological polar surface area (TPSA) is 60.2 Å². The van der Waals surface area contributed by atoms with Crippen molar-refractivity contribution in [3.8, 4) is 0 Å². The van der Waals surface area contributed by atoms with Gasteiger partial charge in [0.1, 0.15) is 5.60 Å². The molecule has 1 saturated carbocycles. The van der Waals surface area contributed by atoms with Crippen molar-refractivity contribution < 1.29 is 9.26 Å². The van der Waals surface area contributed by atoms with Gasteiger partial charge in [0.05, 0.1) is 6.54 Å². The molecule has 0 amide bonds. The first-order valence-electron chi connectivity index (χ1n) is 7.13. The summed E-state index contributed by atoms with van der Waals surface area (Å²) in [5, 5.41) is 7.17. The highest BCUT2D eigenvalue weighted by Crippen LogP contribution is 2.46. The van der Waals surface area contributed by atoms with Crippen LogP contribution in [0.15, 0.2) is 4.52 Å². The van der Waals surface area contributed by atoms with Crippen LogP contribution in [-0.4, -0.2) is 23.8 Å². The quantitative estimate of drug-likeness (QED) is 0.888. The Hall–Kier alpha value is -0.940. The largest absolute Gasteiger partial charge is 0.367 e. The Morgan fingerprint density at radius 3 is 2.53 bits per heavy atom. The van der Waals surface area contributed by atoms with Crippen molar-refractivity contribution in [1.82, 2.24) is 15.5 Å². The Labute approximate surface area is 115 Å². The van der Waals surface area contributed by atoms with Gasteiger partial charge in [-0.1, -0.05) is 19.0 Å². The minimum atomic E-state index is -0.347. The second kappa shape index (κ2) is 5.59. The fourth-order valence-corrected chi connectivity index (χ4v) is 2.70. The van der Waals surface area contributed by atoms with Crippen molar-refractivity contribution in [3.05, 3.63) is 11.7 Å². The molecule has 1 aliphatic rings. The van der Waals surface area contributed by atoms with Gasteiger partial charge in [0.2, 0.25) is 11.7 Å². The SMILES string of the molecule is CCOC1(c2noc(CNC)n2)CCC(C)(C)CC1. The predicted octanol–water partition coefficient (Wildman–Crippen LogP) is 2.62. The predicted molar refractivity (Wildman–Crippen MR) is 72.6 cm³/mol. The molecule has 0 spiro atoms. The normalized spacial score (nSPS) is 21.5. The molecule has 1 aromatic rings. The smallest absolute Gasteiger partial charge is 0.240 e. The Balaban J connectivity index is 2.19. The number of hydrogen-bond donors (Lipinski definition) is 1. The van der Waals surface area contributed by atoms with Gasteiger partial charge < -0.3 is 14.6 Å². The molecule has 1 fully saturated rings. The zero-order valence-electron chi connectivity index (χ0n) is 12.5. The van der Waals surface area contributed by atoms with Gasteiger partial charge in [0.25, 0.3) is 0 Å². The molecule has 5 nitrogen and oxygen atoms in total. The maximum absolute atomic E-state index is 6.04. The van der Waals surface area contributed by atoms with Crippen molar-refractivity contribution >= 4 is 0 Å². The third-order valence-corrected chi connectivity index (χ3v) is 4.04. The lowest BCUT2D eigenvalue weighted by Crippen LogP contribution is -2.38. The van der Waals surface area contributed by atoms with Gasteiger partial charge in [-0.3, -0.25) is 0 Å². The van der Waals surface area contributed by atoms with E-state index in [4.69, 9.17) is 9.26 Å². The first-order valence-corrected chi connectivity index (χ1v) is 7.13. The Bertz CT molecular complexity index is 405. The second-order valence-corrected chi connectivity index (χ2v) is 6.13. The van der Waals surface area contributed by atoms with Crippen LogP contribution in [0.4, 0.5) is 0 Å². The fraction of sp³-hybridized carbons (Fsp3) is 0.857. The lowest BCUT2D eigenvalue weighted by Gasteiger charge is -2.41. The molecule has 19 heavy (non-hydrogen) atoms. The average Bonchev–Trinajstić information content (AvgIpc) is 2.82. The summed E-state index contributed by atoms with van der Waals surface area (Å²) in [5.74, 6) is 1.34. The molecule has 1 aromatic heterocycles. The summed E-state index contributed by atoms with van der Waals surface area (Å²) in [4.78, 5) is 4.50. The molecule has 0 aromatic carbocycles. The maximum atomic E-state index is 6.04. The number of nitrogens with one attached hydrogen (secondary N) is 1. The van der Waals surface area contributed by atoms with E-state index in [0.29, 0.717) is 24.5 Å². The van der Waals surface area contributed by atoms with E-state index in [0.717, 1.165) is 31.5 Å². The lowest BCUT2D eigenvalue weighted by molar-refractivity contribution is -0.0957. The van der Waals surface area contributed by atoms with Crippen LogP contribution in [0.25, 0.3) is 0 Å². The number of nitrogens with zero attached hydrogens (tertiary/aromatic N) is 2. The van der Waals surface area contributed by atoms with Crippen LogP contribution < -0.4 is 5.32 Å². The van der Waals surface area contributed by atoms with Crippen molar-refractivity contribution in [2.45, 2.75) is 58.6 Å². The van der Waals surface area contributed by atoms with Gasteiger partial charge in [0.15, 0.2) is 0 Å². The van der Waals surface area contributed by atoms with Crippen LogP contribution in [0.5, 0.6) is 0 Å². The molecule has 108 valence electrons. The molecule has 0 aliphatic heterocycles. The number of ether oxygens (including phenoxy) is 1. The maximum Gasteiger partial charge on any atom is 0.240 e. The molecule has 1 aliphatic carbocycles. The Morgan fingerprint density at radius 1 is 1.26 bits per heavy atom. The van der Waals surface area contributed by atoms with E-state index in [1.165, 1.54) is 0 Å². The summed E-state index contributed by atoms with van der Waals surface area (Å²) in [6.07, 6.45) is 4.19. The fourth-order valence-electron chi connectivity index (χ4n) is 2.70. The van der Waals surface area contributed by atoms with Gasteiger partial charge in [-0.25, -0.2) is 0 Å². The van der Waals surface area contributed by atoms with E-state index in [1.54, 1.807) is 0 Å². The highest BCUT2D eigenvalue weighted by atomic mass is 16.5. The molecular weight excluding hydrogens is 242 g/mol. The molecule has 0 bridgehead atoms. The van der Waals surface area contributed by atoms with Crippen molar-refractivity contribution in [2.24, 2.45) is 5.41 Å². The summed E-state index contributed by atoms with van der Waals surface area (Å²) < 4.78 is 11.3. The van der Waals surface area contributed by atoms with Crippen LogP contribution in [0.3, 0.4) is 0 Å². The first kappa shape index (κ1) is 14.5. The standard InChI is InChI=1S/C14H25N3O2/c1-5-18-14(8-6-13(2,3)7-9-14)12-16-11(10-15-4)19-17-12/h15H,5-10H2,1-4H3. The monoisotopic (exact) mass is 267 g/mol. The molecule has 0 unspecified atom stereocenters. The summed E-state index contributed by atoms with van der Waals surface area (Å²) >= 11 is 0. The van der Waals surface area contributed by atoms with E-state index in [1.807, 2.05) is 14.0 Å². The van der Waals surface area contributed by atoms with Gasteiger partial charge >= 0.3 is 0 Å². The lowest BCUT2D eigenvalue weighted by atomic mass is 9.70. The summed E-state index contributed by atoms with van der Waals surface area (Å²) in [5.41, 5.74) is 0.0396. The zero-order valence-corrected chi connectivity index (χ0v) is 12.5. The van der Waals surface area contributed by atoms with Crippen LogP contribution in [-0.2, 0) is 16.9 Å². The minimum absolute atomic E-state index is 0.347. The van der Waals surface area contributed by atoms with Crippen LogP contribution in [0.2, 0.25) is 0 Å². The van der Waals surface area contributed by atoms with E-state index >= 15 is 0 Å². The average molecular weight is 267 g/mol. The number of hydrogen-bond acceptors (Lipinski definition) is 5. The van der Waals surface area contributed by atoms with E-state index < -0.39 is 0 Å². The van der Waals surface area contributed by atoms with Gasteiger partial charge in [-0.2, -0.15) is 4.98 Å². The van der Waals surface area contributed by atoms with Gasteiger partial charge in [-0.15, -0.1) is 0 Å². The molecule has 0 radical (unpaired) electrons. The first-order chi connectivity index (χ1) is 9.01. The van der Waals surface area contributed by atoms with Gasteiger partial charge in [-0.05, 0) is 45.1 Å². The zero-order chi connectivity index (χ0) is 13.9. The molecule has 0 saturated heterocycles. The molecule has 5 heteroatoms. The third kappa shape index (κ3) is 3.15. The van der Waals surface area contributed by atoms with E-state index in [9.17, 15) is 0 Å². The summed E-state index contributed by atoms with van der Waals surface area (Å²) in [7, 11) is 1.87. The van der Waals surface area contributed by atoms with Crippen molar-refractivity contribution in [3.63, 3.8) is 0 Å². The number of aromatic nitrogens is 2. The summed E-state index contributed by atoms with van der Waals surface area (Å²) in [6.45, 7) is 7.92. The van der Waals surface area contributed by atoms with Crippen molar-refractivity contribution in [2.75, 3.05) is 13.7 Å². The summed E-state index contributed by atoms with van der Waals surface area (Å²) in [6, 6.07) is 0. The molecule has 2 rings (SSSR count). The highest BCUT2D eigenvalue weighted by Gasteiger charge is 2.43. The van der Waals surface area contributed by atoms with Gasteiger partial charge in [0, 0.05) is 6.61 Å². The van der Waals surface area contributed by atoms with Crippen LogP contribution in [0, 0.1) is 5.41 Å². The van der Waals surface area contributed by atoms with Crippen LogP contribution >= 0.6 is 0 Å². The van der Waals surface area contributed by atoms with E-state index in [-0.39, 0.29) is 5.60 Å². The number of rotatable bonds is 5.